The lowest BCUT2D eigenvalue weighted by atomic mass is 9.99. The Balaban J connectivity index is 1.65. The lowest BCUT2D eigenvalue weighted by molar-refractivity contribution is 0.514. The average Bonchev–Trinajstić information content (AvgIpc) is 3.26. The topological polar surface area (TPSA) is 24.7 Å². The summed E-state index contributed by atoms with van der Waals surface area (Å²) in [5.41, 5.74) is 10.4. The van der Waals surface area contributed by atoms with E-state index in [0.717, 1.165) is 49.9 Å². The molecule has 0 saturated carbocycles. The summed E-state index contributed by atoms with van der Waals surface area (Å²) in [6.07, 6.45) is 50.2. The molecule has 0 radical (unpaired) electrons. The fourth-order valence-electron chi connectivity index (χ4n) is 9.06. The van der Waals surface area contributed by atoms with Crippen LogP contribution in [-0.2, 0) is 25.7 Å². The first kappa shape index (κ1) is 52.9. The second-order valence-electron chi connectivity index (χ2n) is 18.2. The third kappa shape index (κ3) is 26.0. The Kier molecular flexibility index (Phi) is 33.7. The summed E-state index contributed by atoms with van der Waals surface area (Å²) in [7, 11) is 0. The quantitative estimate of drug-likeness (QED) is 0.0473. The average molecular weight is 811 g/mol. The van der Waals surface area contributed by atoms with Crippen molar-refractivity contribution in [1.29, 1.82) is 0 Å². The van der Waals surface area contributed by atoms with Crippen LogP contribution in [0.25, 0.3) is 0 Å². The van der Waals surface area contributed by atoms with Crippen molar-refractivity contribution >= 4 is 22.8 Å². The maximum atomic E-state index is 5.42. The second kappa shape index (κ2) is 37.5. The fraction of sp³-hybridized carbons (Fsp3) is 0.754. The van der Waals surface area contributed by atoms with Gasteiger partial charge in [0, 0.05) is 0 Å². The number of benzene rings is 2. The van der Waals surface area contributed by atoms with E-state index in [1.165, 1.54) is 233 Å². The van der Waals surface area contributed by atoms with Crippen LogP contribution in [0.2, 0.25) is 0 Å². The summed E-state index contributed by atoms with van der Waals surface area (Å²) in [6, 6.07) is 13.8. The van der Waals surface area contributed by atoms with Crippen LogP contribution in [0.4, 0.5) is 11.4 Å². The summed E-state index contributed by atoms with van der Waals surface area (Å²) in [5, 5.41) is 0. The Labute approximate surface area is 369 Å². The van der Waals surface area contributed by atoms with Gasteiger partial charge in [0.2, 0.25) is 0 Å². The van der Waals surface area contributed by atoms with Gasteiger partial charge in [0.05, 0.1) is 22.8 Å². The highest BCUT2D eigenvalue weighted by Gasteiger charge is 2.13. The van der Waals surface area contributed by atoms with Gasteiger partial charge in [0.25, 0.3) is 0 Å². The van der Waals surface area contributed by atoms with E-state index in [9.17, 15) is 0 Å². The van der Waals surface area contributed by atoms with Gasteiger partial charge in [-0.05, 0) is 97.9 Å². The lowest BCUT2D eigenvalue weighted by Gasteiger charge is -2.14. The van der Waals surface area contributed by atoms with Crippen molar-refractivity contribution in [3.63, 3.8) is 0 Å². The molecule has 59 heavy (non-hydrogen) atoms. The van der Waals surface area contributed by atoms with Gasteiger partial charge < -0.3 is 0 Å². The van der Waals surface area contributed by atoms with Crippen LogP contribution in [0.3, 0.4) is 0 Å². The van der Waals surface area contributed by atoms with Crippen LogP contribution in [0.1, 0.15) is 276 Å². The number of hydrogen-bond acceptors (Lipinski definition) is 2. The van der Waals surface area contributed by atoms with Gasteiger partial charge >= 0.3 is 0 Å². The Morgan fingerprint density at radius 2 is 0.525 bits per heavy atom. The highest BCUT2D eigenvalue weighted by molar-refractivity contribution is 6.43. The van der Waals surface area contributed by atoms with Crippen molar-refractivity contribution in [1.82, 2.24) is 0 Å². The van der Waals surface area contributed by atoms with Gasteiger partial charge in [0.1, 0.15) is 0 Å². The van der Waals surface area contributed by atoms with Crippen LogP contribution in [-0.4, -0.2) is 11.4 Å². The van der Waals surface area contributed by atoms with E-state index in [0.29, 0.717) is 0 Å². The molecule has 2 rings (SSSR count). The highest BCUT2D eigenvalue weighted by Crippen LogP contribution is 2.25. The van der Waals surface area contributed by atoms with E-state index in [2.05, 4.69) is 77.9 Å². The van der Waals surface area contributed by atoms with Gasteiger partial charge in [-0.3, -0.25) is 9.98 Å². The number of unbranched alkanes of at least 4 members (excludes halogenated alkanes) is 29. The molecular formula is C57H98N2. The first-order chi connectivity index (χ1) is 29.1. The SMILES string of the molecule is CCCCCCCCCCCCCCCCCCCCCCCCCCCCCCC(=Nc1ccc(CC)c(CC)c1)C(CCCCC)=Nc1ccc(CC)c(CC)c1. The predicted molar refractivity (Wildman–Crippen MR) is 268 cm³/mol. The van der Waals surface area contributed by atoms with Crippen molar-refractivity contribution in [2.45, 2.75) is 279 Å². The zero-order chi connectivity index (χ0) is 42.4. The number of hydrogen-bond donors (Lipinski definition) is 0. The second-order valence-corrected chi connectivity index (χ2v) is 18.2. The van der Waals surface area contributed by atoms with Crippen LogP contribution in [0.5, 0.6) is 0 Å². The van der Waals surface area contributed by atoms with E-state index < -0.39 is 0 Å². The van der Waals surface area contributed by atoms with E-state index in [1.807, 2.05) is 0 Å². The Morgan fingerprint density at radius 1 is 0.288 bits per heavy atom. The first-order valence-electron chi connectivity index (χ1n) is 26.5. The molecule has 2 heteroatoms. The van der Waals surface area contributed by atoms with Crippen LogP contribution in [0, 0.1) is 0 Å². The summed E-state index contributed by atoms with van der Waals surface area (Å²) < 4.78 is 0. The number of aliphatic imine (C=N–C) groups is 2. The van der Waals surface area contributed by atoms with Gasteiger partial charge in [-0.25, -0.2) is 0 Å². The summed E-state index contributed by atoms with van der Waals surface area (Å²) >= 11 is 0. The molecule has 0 aromatic heterocycles. The van der Waals surface area contributed by atoms with E-state index in [1.54, 1.807) is 0 Å². The van der Waals surface area contributed by atoms with Gasteiger partial charge in [-0.1, -0.05) is 240 Å². The first-order valence-corrected chi connectivity index (χ1v) is 26.5. The van der Waals surface area contributed by atoms with Crippen molar-refractivity contribution < 1.29 is 0 Å². The monoisotopic (exact) mass is 811 g/mol. The molecule has 0 aliphatic heterocycles. The third-order valence-electron chi connectivity index (χ3n) is 13.0. The van der Waals surface area contributed by atoms with Crippen molar-refractivity contribution in [2.24, 2.45) is 9.98 Å². The van der Waals surface area contributed by atoms with Gasteiger partial charge in [0.15, 0.2) is 0 Å². The Hall–Kier alpha value is -2.22. The molecule has 0 amide bonds. The zero-order valence-corrected chi connectivity index (χ0v) is 40.5. The minimum absolute atomic E-state index is 1.01. The van der Waals surface area contributed by atoms with E-state index in [-0.39, 0.29) is 0 Å². The van der Waals surface area contributed by atoms with Crippen LogP contribution in [0.15, 0.2) is 46.4 Å². The Morgan fingerprint density at radius 3 is 0.797 bits per heavy atom. The minimum atomic E-state index is 1.01. The minimum Gasteiger partial charge on any atom is -0.252 e. The van der Waals surface area contributed by atoms with Crippen molar-refractivity contribution in [3.05, 3.63) is 58.7 Å². The zero-order valence-electron chi connectivity index (χ0n) is 40.5. The molecule has 0 bridgehead atoms. The summed E-state index contributed by atoms with van der Waals surface area (Å²) in [5.74, 6) is 0. The molecule has 0 fully saturated rings. The number of rotatable bonds is 40. The molecule has 0 N–H and O–H groups in total. The maximum absolute atomic E-state index is 5.42. The van der Waals surface area contributed by atoms with Crippen LogP contribution >= 0.6 is 0 Å². The summed E-state index contributed by atoms with van der Waals surface area (Å²) in [6.45, 7) is 13.7. The van der Waals surface area contributed by atoms with Crippen LogP contribution < -0.4 is 0 Å². The van der Waals surface area contributed by atoms with E-state index in [4.69, 9.17) is 9.98 Å². The Bertz CT molecular complexity index is 1330. The molecular weight excluding hydrogens is 713 g/mol. The predicted octanol–water partition coefficient (Wildman–Crippen LogP) is 19.7. The third-order valence-corrected chi connectivity index (χ3v) is 13.0. The molecule has 2 aromatic carbocycles. The normalized spacial score (nSPS) is 12.2. The number of aryl methyl sites for hydroxylation is 4. The molecule has 0 spiro atoms. The molecule has 0 atom stereocenters. The smallest absolute Gasteiger partial charge is 0.0636 e. The molecule has 2 aromatic rings. The lowest BCUT2D eigenvalue weighted by Crippen LogP contribution is -2.14. The molecule has 0 aliphatic carbocycles. The largest absolute Gasteiger partial charge is 0.252 e. The maximum Gasteiger partial charge on any atom is 0.0636 e. The van der Waals surface area contributed by atoms with Crippen molar-refractivity contribution in [3.8, 4) is 0 Å². The summed E-state index contributed by atoms with van der Waals surface area (Å²) in [4.78, 5) is 10.8. The van der Waals surface area contributed by atoms with E-state index >= 15 is 0 Å². The van der Waals surface area contributed by atoms with Crippen molar-refractivity contribution in [2.75, 3.05) is 0 Å². The molecule has 0 unspecified atom stereocenters. The molecule has 0 heterocycles. The highest BCUT2D eigenvalue weighted by atomic mass is 14.8. The standard InChI is InChI=1S/C57H98N2/c1-7-13-15-16-17-18-19-20-21-22-23-24-25-26-27-28-29-30-31-32-33-34-35-36-37-38-39-41-43-57(59-55-47-45-51(10-4)53(12-6)49-55)56(42-40-14-8-2)58-54-46-44-50(9-3)52(11-5)48-54/h44-49H,7-43H2,1-6H3. The molecule has 336 valence electrons. The molecule has 0 aliphatic rings. The molecule has 0 saturated heterocycles. The van der Waals surface area contributed by atoms with Gasteiger partial charge in [-0.2, -0.15) is 0 Å². The fourth-order valence-corrected chi connectivity index (χ4v) is 9.06. The number of nitrogens with zero attached hydrogens (tertiary/aromatic N) is 2. The molecule has 2 nitrogen and oxygen atoms in total. The van der Waals surface area contributed by atoms with Gasteiger partial charge in [-0.15, -0.1) is 0 Å².